The van der Waals surface area contributed by atoms with Gasteiger partial charge in [-0.15, -0.1) is 12.4 Å². The largest absolute Gasteiger partial charge is 0.493 e. The summed E-state index contributed by atoms with van der Waals surface area (Å²) in [5.74, 6) is 1.96. The van der Waals surface area contributed by atoms with Gasteiger partial charge in [-0.05, 0) is 50.4 Å². The number of ether oxygens (including phenoxy) is 3. The molecule has 0 saturated carbocycles. The summed E-state index contributed by atoms with van der Waals surface area (Å²) < 4.78 is 15.8. The minimum atomic E-state index is -0.131. The SMILES string of the molecule is COc1cc(C(=O)NCCC2CCCNC2)cc(OC)c1OC.Cl. The van der Waals surface area contributed by atoms with Crippen molar-refractivity contribution in [3.05, 3.63) is 17.7 Å². The molecule has 1 saturated heterocycles. The highest BCUT2D eigenvalue weighted by molar-refractivity contribution is 5.95. The molecular weight excluding hydrogens is 332 g/mol. The maximum atomic E-state index is 12.3. The van der Waals surface area contributed by atoms with E-state index < -0.39 is 0 Å². The van der Waals surface area contributed by atoms with Gasteiger partial charge in [0.25, 0.3) is 5.91 Å². The second kappa shape index (κ2) is 10.3. The molecule has 1 aliphatic rings. The molecule has 1 heterocycles. The monoisotopic (exact) mass is 358 g/mol. The molecule has 136 valence electrons. The Hall–Kier alpha value is -1.66. The number of carbonyl (C=O) groups excluding carboxylic acids is 1. The number of nitrogens with one attached hydrogen (secondary N) is 2. The number of hydrogen-bond acceptors (Lipinski definition) is 5. The van der Waals surface area contributed by atoms with Crippen LogP contribution in [0.5, 0.6) is 17.2 Å². The highest BCUT2D eigenvalue weighted by Gasteiger charge is 2.17. The molecule has 7 heteroatoms. The van der Waals surface area contributed by atoms with E-state index in [0.717, 1.165) is 19.5 Å². The van der Waals surface area contributed by atoms with Crippen LogP contribution in [0.15, 0.2) is 12.1 Å². The van der Waals surface area contributed by atoms with Crippen LogP contribution in [0.1, 0.15) is 29.6 Å². The first-order chi connectivity index (χ1) is 11.2. The number of piperidine rings is 1. The van der Waals surface area contributed by atoms with Crippen LogP contribution in [0, 0.1) is 5.92 Å². The minimum Gasteiger partial charge on any atom is -0.493 e. The lowest BCUT2D eigenvalue weighted by molar-refractivity contribution is 0.0950. The van der Waals surface area contributed by atoms with Gasteiger partial charge in [0, 0.05) is 12.1 Å². The van der Waals surface area contributed by atoms with E-state index in [1.165, 1.54) is 27.1 Å². The van der Waals surface area contributed by atoms with Crippen molar-refractivity contribution in [3.8, 4) is 17.2 Å². The molecular formula is C17H27ClN2O4. The molecule has 1 aromatic carbocycles. The Kier molecular flexibility index (Phi) is 8.71. The zero-order valence-electron chi connectivity index (χ0n) is 14.5. The Bertz CT molecular complexity index is 508. The van der Waals surface area contributed by atoms with Gasteiger partial charge in [-0.25, -0.2) is 0 Å². The summed E-state index contributed by atoms with van der Waals surface area (Å²) in [7, 11) is 4.61. The molecule has 1 aliphatic heterocycles. The van der Waals surface area contributed by atoms with Crippen LogP contribution in [-0.2, 0) is 0 Å². The second-order valence-corrected chi connectivity index (χ2v) is 5.67. The summed E-state index contributed by atoms with van der Waals surface area (Å²) in [5.41, 5.74) is 0.501. The summed E-state index contributed by atoms with van der Waals surface area (Å²) in [6.45, 7) is 2.82. The number of halogens is 1. The molecule has 1 aromatic rings. The smallest absolute Gasteiger partial charge is 0.251 e. The van der Waals surface area contributed by atoms with Crippen molar-refractivity contribution in [2.24, 2.45) is 5.92 Å². The van der Waals surface area contributed by atoms with E-state index in [4.69, 9.17) is 14.2 Å². The first-order valence-corrected chi connectivity index (χ1v) is 7.98. The van der Waals surface area contributed by atoms with E-state index in [0.29, 0.717) is 35.3 Å². The topological polar surface area (TPSA) is 68.8 Å². The second-order valence-electron chi connectivity index (χ2n) is 5.67. The third-order valence-electron chi connectivity index (χ3n) is 4.16. The van der Waals surface area contributed by atoms with E-state index in [2.05, 4.69) is 10.6 Å². The highest BCUT2D eigenvalue weighted by atomic mass is 35.5. The van der Waals surface area contributed by atoms with Gasteiger partial charge in [-0.3, -0.25) is 4.79 Å². The van der Waals surface area contributed by atoms with E-state index in [-0.39, 0.29) is 18.3 Å². The Morgan fingerprint density at radius 3 is 2.38 bits per heavy atom. The molecule has 1 amide bonds. The molecule has 1 fully saturated rings. The van der Waals surface area contributed by atoms with Crippen LogP contribution in [0.2, 0.25) is 0 Å². The Labute approximate surface area is 149 Å². The molecule has 1 unspecified atom stereocenters. The number of benzene rings is 1. The highest BCUT2D eigenvalue weighted by Crippen LogP contribution is 2.38. The minimum absolute atomic E-state index is 0. The predicted molar refractivity (Wildman–Crippen MR) is 95.9 cm³/mol. The number of methoxy groups -OCH3 is 3. The standard InChI is InChI=1S/C17H26N2O4.ClH/c1-21-14-9-13(10-15(22-2)16(14)23-3)17(20)19-8-6-12-5-4-7-18-11-12;/h9-10,12,18H,4-8,11H2,1-3H3,(H,19,20);1H. The van der Waals surface area contributed by atoms with Crippen LogP contribution in [0.3, 0.4) is 0 Å². The van der Waals surface area contributed by atoms with Gasteiger partial charge in [0.05, 0.1) is 21.3 Å². The summed E-state index contributed by atoms with van der Waals surface area (Å²) >= 11 is 0. The molecule has 2 N–H and O–H groups in total. The van der Waals surface area contributed by atoms with Crippen LogP contribution >= 0.6 is 12.4 Å². The van der Waals surface area contributed by atoms with Crippen molar-refractivity contribution in [2.75, 3.05) is 41.0 Å². The van der Waals surface area contributed by atoms with Crippen LogP contribution in [-0.4, -0.2) is 46.9 Å². The maximum absolute atomic E-state index is 12.3. The lowest BCUT2D eigenvalue weighted by atomic mass is 9.96. The average Bonchev–Trinajstić information content (AvgIpc) is 2.61. The van der Waals surface area contributed by atoms with Crippen molar-refractivity contribution in [2.45, 2.75) is 19.3 Å². The van der Waals surface area contributed by atoms with Crippen molar-refractivity contribution in [3.63, 3.8) is 0 Å². The number of amides is 1. The van der Waals surface area contributed by atoms with Crippen molar-refractivity contribution >= 4 is 18.3 Å². The van der Waals surface area contributed by atoms with Crippen molar-refractivity contribution < 1.29 is 19.0 Å². The van der Waals surface area contributed by atoms with E-state index in [9.17, 15) is 4.79 Å². The lowest BCUT2D eigenvalue weighted by Gasteiger charge is -2.22. The predicted octanol–water partition coefficient (Wildman–Crippen LogP) is 2.25. The van der Waals surface area contributed by atoms with E-state index in [1.807, 2.05) is 0 Å². The van der Waals surface area contributed by atoms with Crippen LogP contribution < -0.4 is 24.8 Å². The van der Waals surface area contributed by atoms with Gasteiger partial charge < -0.3 is 24.8 Å². The van der Waals surface area contributed by atoms with Gasteiger partial charge in [-0.1, -0.05) is 0 Å². The van der Waals surface area contributed by atoms with Crippen molar-refractivity contribution in [1.29, 1.82) is 0 Å². The number of hydrogen-bond donors (Lipinski definition) is 2. The summed E-state index contributed by atoms with van der Waals surface area (Å²) in [6, 6.07) is 3.33. The molecule has 0 spiro atoms. The van der Waals surface area contributed by atoms with Crippen LogP contribution in [0.25, 0.3) is 0 Å². The third-order valence-corrected chi connectivity index (χ3v) is 4.16. The summed E-state index contributed by atoms with van der Waals surface area (Å²) in [6.07, 6.45) is 3.43. The fraction of sp³-hybridized carbons (Fsp3) is 0.588. The van der Waals surface area contributed by atoms with Crippen LogP contribution in [0.4, 0.5) is 0 Å². The Morgan fingerprint density at radius 1 is 1.21 bits per heavy atom. The molecule has 1 atom stereocenters. The van der Waals surface area contributed by atoms with Gasteiger partial charge in [0.1, 0.15) is 0 Å². The first-order valence-electron chi connectivity index (χ1n) is 7.98. The average molecular weight is 359 g/mol. The third kappa shape index (κ3) is 5.18. The zero-order valence-corrected chi connectivity index (χ0v) is 15.3. The fourth-order valence-electron chi connectivity index (χ4n) is 2.87. The van der Waals surface area contributed by atoms with Gasteiger partial charge in [0.15, 0.2) is 11.5 Å². The lowest BCUT2D eigenvalue weighted by Crippen LogP contribution is -2.33. The maximum Gasteiger partial charge on any atom is 0.251 e. The summed E-state index contributed by atoms with van der Waals surface area (Å²) in [5, 5.41) is 6.36. The van der Waals surface area contributed by atoms with Gasteiger partial charge in [-0.2, -0.15) is 0 Å². The number of rotatable bonds is 7. The zero-order chi connectivity index (χ0) is 16.7. The van der Waals surface area contributed by atoms with Crippen molar-refractivity contribution in [1.82, 2.24) is 10.6 Å². The first kappa shape index (κ1) is 20.4. The molecule has 0 bridgehead atoms. The van der Waals surface area contributed by atoms with E-state index >= 15 is 0 Å². The number of carbonyl (C=O) groups is 1. The van der Waals surface area contributed by atoms with Gasteiger partial charge in [0.2, 0.25) is 5.75 Å². The van der Waals surface area contributed by atoms with E-state index in [1.54, 1.807) is 19.2 Å². The molecule has 0 radical (unpaired) electrons. The molecule has 2 rings (SSSR count). The normalized spacial score (nSPS) is 16.7. The van der Waals surface area contributed by atoms with Gasteiger partial charge >= 0.3 is 0 Å². The molecule has 0 aromatic heterocycles. The Balaban J connectivity index is 0.00000288. The molecule has 24 heavy (non-hydrogen) atoms. The quantitative estimate of drug-likeness (QED) is 0.782. The molecule has 6 nitrogen and oxygen atoms in total. The summed E-state index contributed by atoms with van der Waals surface area (Å²) in [4.78, 5) is 12.3. The fourth-order valence-corrected chi connectivity index (χ4v) is 2.87. The molecule has 0 aliphatic carbocycles. The Morgan fingerprint density at radius 2 is 1.88 bits per heavy atom.